The minimum Gasteiger partial charge on any atom is -0.491 e. The van der Waals surface area contributed by atoms with Gasteiger partial charge < -0.3 is 10.1 Å². The predicted octanol–water partition coefficient (Wildman–Crippen LogP) is 3.86. The highest BCUT2D eigenvalue weighted by Gasteiger charge is 1.99. The fourth-order valence-corrected chi connectivity index (χ4v) is 2.09. The van der Waals surface area contributed by atoms with Gasteiger partial charge in [-0.05, 0) is 36.3 Å². The molecule has 0 saturated heterocycles. The maximum absolute atomic E-state index is 11.7. The molecule has 3 nitrogen and oxygen atoms in total. The molecular weight excluding hydrogens is 298 g/mol. The summed E-state index contributed by atoms with van der Waals surface area (Å²) in [4.78, 5) is 11.7. The van der Waals surface area contributed by atoms with Gasteiger partial charge in [0.25, 0.3) is 0 Å². The maximum atomic E-state index is 11.7. The highest BCUT2D eigenvalue weighted by atomic mass is 35.5. The topological polar surface area (TPSA) is 38.3 Å². The summed E-state index contributed by atoms with van der Waals surface area (Å²) in [5.41, 5.74) is 1.89. The molecule has 2 rings (SSSR count). The SMILES string of the molecule is Cc1ccccc1OCCNC(=O)/C=C/c1ccccc1Cl. The Morgan fingerprint density at radius 2 is 1.91 bits per heavy atom. The zero-order chi connectivity index (χ0) is 15.8. The van der Waals surface area contributed by atoms with Gasteiger partial charge >= 0.3 is 0 Å². The number of carbonyl (C=O) groups is 1. The van der Waals surface area contributed by atoms with E-state index in [0.717, 1.165) is 16.9 Å². The second kappa shape index (κ2) is 8.25. The Morgan fingerprint density at radius 3 is 2.68 bits per heavy atom. The predicted molar refractivity (Wildman–Crippen MR) is 90.2 cm³/mol. The van der Waals surface area contributed by atoms with E-state index in [1.54, 1.807) is 12.1 Å². The van der Waals surface area contributed by atoms with Crippen molar-refractivity contribution in [2.75, 3.05) is 13.2 Å². The van der Waals surface area contributed by atoms with E-state index in [1.165, 1.54) is 6.08 Å². The van der Waals surface area contributed by atoms with E-state index in [4.69, 9.17) is 16.3 Å². The molecule has 0 atom stereocenters. The Morgan fingerprint density at radius 1 is 1.18 bits per heavy atom. The molecule has 0 bridgehead atoms. The molecule has 2 aromatic carbocycles. The van der Waals surface area contributed by atoms with Crippen LogP contribution in [0.1, 0.15) is 11.1 Å². The van der Waals surface area contributed by atoms with Crippen LogP contribution >= 0.6 is 11.6 Å². The molecule has 0 aliphatic heterocycles. The van der Waals surface area contributed by atoms with Gasteiger partial charge in [-0.1, -0.05) is 48.0 Å². The summed E-state index contributed by atoms with van der Waals surface area (Å²) in [6.07, 6.45) is 3.16. The van der Waals surface area contributed by atoms with Crippen LogP contribution in [0.15, 0.2) is 54.6 Å². The van der Waals surface area contributed by atoms with Gasteiger partial charge in [0.2, 0.25) is 5.91 Å². The van der Waals surface area contributed by atoms with E-state index in [1.807, 2.05) is 49.4 Å². The molecule has 0 radical (unpaired) electrons. The van der Waals surface area contributed by atoms with Gasteiger partial charge in [0.15, 0.2) is 0 Å². The summed E-state index contributed by atoms with van der Waals surface area (Å²) >= 11 is 6.01. The van der Waals surface area contributed by atoms with Gasteiger partial charge in [-0.3, -0.25) is 4.79 Å². The highest BCUT2D eigenvalue weighted by molar-refractivity contribution is 6.32. The molecule has 0 unspecified atom stereocenters. The Balaban J connectivity index is 1.74. The second-order valence-corrected chi connectivity index (χ2v) is 5.17. The van der Waals surface area contributed by atoms with Crippen molar-refractivity contribution in [3.8, 4) is 5.75 Å². The van der Waals surface area contributed by atoms with Crippen molar-refractivity contribution >= 4 is 23.6 Å². The summed E-state index contributed by atoms with van der Waals surface area (Å²) < 4.78 is 5.61. The lowest BCUT2D eigenvalue weighted by Crippen LogP contribution is -2.26. The number of benzene rings is 2. The number of hydrogen-bond donors (Lipinski definition) is 1. The van der Waals surface area contributed by atoms with Gasteiger partial charge in [0.05, 0.1) is 6.54 Å². The molecule has 114 valence electrons. The van der Waals surface area contributed by atoms with Gasteiger partial charge in [0, 0.05) is 11.1 Å². The molecule has 0 heterocycles. The zero-order valence-electron chi connectivity index (χ0n) is 12.4. The van der Waals surface area contributed by atoms with E-state index in [0.29, 0.717) is 18.2 Å². The summed E-state index contributed by atoms with van der Waals surface area (Å²) in [5, 5.41) is 3.39. The number of hydrogen-bond acceptors (Lipinski definition) is 2. The van der Waals surface area contributed by atoms with Crippen LogP contribution in [0.5, 0.6) is 5.75 Å². The minimum absolute atomic E-state index is 0.173. The molecule has 1 N–H and O–H groups in total. The number of aryl methyl sites for hydroxylation is 1. The summed E-state index contributed by atoms with van der Waals surface area (Å²) in [7, 11) is 0. The van der Waals surface area contributed by atoms with Gasteiger partial charge in [-0.2, -0.15) is 0 Å². The number of nitrogens with one attached hydrogen (secondary N) is 1. The van der Waals surface area contributed by atoms with E-state index < -0.39 is 0 Å². The average molecular weight is 316 g/mol. The number of carbonyl (C=O) groups excluding carboxylic acids is 1. The molecule has 1 amide bonds. The second-order valence-electron chi connectivity index (χ2n) is 4.76. The first-order chi connectivity index (χ1) is 10.7. The fraction of sp³-hybridized carbons (Fsp3) is 0.167. The van der Waals surface area contributed by atoms with Crippen LogP contribution in [0.3, 0.4) is 0 Å². The third-order valence-electron chi connectivity index (χ3n) is 3.07. The molecule has 0 fully saturated rings. The molecule has 4 heteroatoms. The van der Waals surface area contributed by atoms with E-state index in [9.17, 15) is 4.79 Å². The van der Waals surface area contributed by atoms with Crippen LogP contribution in [0.2, 0.25) is 5.02 Å². The molecule has 0 saturated carbocycles. The average Bonchev–Trinajstić information content (AvgIpc) is 2.52. The quantitative estimate of drug-likeness (QED) is 0.649. The van der Waals surface area contributed by atoms with Crippen molar-refractivity contribution in [3.63, 3.8) is 0 Å². The number of rotatable bonds is 6. The summed E-state index contributed by atoms with van der Waals surface area (Å²) in [5.74, 6) is 0.664. The lowest BCUT2D eigenvalue weighted by Gasteiger charge is -2.08. The molecule has 2 aromatic rings. The number of halogens is 1. The lowest BCUT2D eigenvalue weighted by atomic mass is 10.2. The van der Waals surface area contributed by atoms with E-state index in [2.05, 4.69) is 5.32 Å². The van der Waals surface area contributed by atoms with Crippen molar-refractivity contribution in [1.82, 2.24) is 5.32 Å². The zero-order valence-corrected chi connectivity index (χ0v) is 13.1. The monoisotopic (exact) mass is 315 g/mol. The maximum Gasteiger partial charge on any atom is 0.244 e. The highest BCUT2D eigenvalue weighted by Crippen LogP contribution is 2.16. The van der Waals surface area contributed by atoms with Crippen molar-refractivity contribution in [2.24, 2.45) is 0 Å². The molecule has 0 aliphatic carbocycles. The van der Waals surface area contributed by atoms with Crippen molar-refractivity contribution in [2.45, 2.75) is 6.92 Å². The number of ether oxygens (including phenoxy) is 1. The summed E-state index contributed by atoms with van der Waals surface area (Å²) in [6.45, 7) is 2.86. The Bertz CT molecular complexity index is 668. The van der Waals surface area contributed by atoms with Crippen molar-refractivity contribution < 1.29 is 9.53 Å². The summed E-state index contributed by atoms with van der Waals surface area (Å²) in [6, 6.07) is 15.1. The van der Waals surface area contributed by atoms with Crippen LogP contribution in [-0.2, 0) is 4.79 Å². The smallest absolute Gasteiger partial charge is 0.244 e. The standard InChI is InChI=1S/C18H18ClNO2/c1-14-6-2-5-9-17(14)22-13-12-20-18(21)11-10-15-7-3-4-8-16(15)19/h2-11H,12-13H2,1H3,(H,20,21)/b11-10+. The van der Waals surface area contributed by atoms with Crippen LogP contribution in [0.25, 0.3) is 6.08 Å². The third-order valence-corrected chi connectivity index (χ3v) is 3.42. The normalized spacial score (nSPS) is 10.6. The van der Waals surface area contributed by atoms with Gasteiger partial charge in [-0.25, -0.2) is 0 Å². The van der Waals surface area contributed by atoms with Crippen molar-refractivity contribution in [1.29, 1.82) is 0 Å². The van der Waals surface area contributed by atoms with E-state index in [-0.39, 0.29) is 5.91 Å². The number of amides is 1. The number of para-hydroxylation sites is 1. The van der Waals surface area contributed by atoms with Crippen LogP contribution in [0, 0.1) is 6.92 Å². The minimum atomic E-state index is -0.173. The third kappa shape index (κ3) is 4.93. The van der Waals surface area contributed by atoms with Crippen LogP contribution < -0.4 is 10.1 Å². The molecular formula is C18H18ClNO2. The largest absolute Gasteiger partial charge is 0.491 e. The first-order valence-electron chi connectivity index (χ1n) is 7.05. The Kier molecular flexibility index (Phi) is 6.04. The van der Waals surface area contributed by atoms with Gasteiger partial charge in [-0.15, -0.1) is 0 Å². The first-order valence-corrected chi connectivity index (χ1v) is 7.43. The Labute approximate surface area is 135 Å². The van der Waals surface area contributed by atoms with E-state index >= 15 is 0 Å². The van der Waals surface area contributed by atoms with Crippen LogP contribution in [-0.4, -0.2) is 19.1 Å². The molecule has 0 aromatic heterocycles. The lowest BCUT2D eigenvalue weighted by molar-refractivity contribution is -0.116. The molecule has 0 aliphatic rings. The Hall–Kier alpha value is -2.26. The first kappa shape index (κ1) is 16.1. The van der Waals surface area contributed by atoms with Crippen molar-refractivity contribution in [3.05, 3.63) is 70.8 Å². The van der Waals surface area contributed by atoms with Gasteiger partial charge in [0.1, 0.15) is 12.4 Å². The fourth-order valence-electron chi connectivity index (χ4n) is 1.89. The molecule has 22 heavy (non-hydrogen) atoms. The van der Waals surface area contributed by atoms with Crippen LogP contribution in [0.4, 0.5) is 0 Å². The molecule has 0 spiro atoms.